The van der Waals surface area contributed by atoms with E-state index in [0.29, 0.717) is 22.6 Å². The second-order valence-electron chi connectivity index (χ2n) is 12.2. The van der Waals surface area contributed by atoms with Crippen molar-refractivity contribution in [2.75, 3.05) is 44.7 Å². The van der Waals surface area contributed by atoms with Gasteiger partial charge in [-0.05, 0) is 56.3 Å². The second kappa shape index (κ2) is 11.1. The molecule has 0 saturated carbocycles. The second-order valence-corrected chi connectivity index (χ2v) is 12.6. The third kappa shape index (κ3) is 4.96. The number of pyridine rings is 1. The number of amides is 1. The fourth-order valence-corrected chi connectivity index (χ4v) is 7.60. The molecule has 0 bridgehead atoms. The van der Waals surface area contributed by atoms with Crippen LogP contribution in [0.15, 0.2) is 55.3 Å². The van der Waals surface area contributed by atoms with Crippen molar-refractivity contribution in [2.45, 2.75) is 43.2 Å². The number of likely N-dealkylation sites (tertiary alicyclic amines) is 1. The van der Waals surface area contributed by atoms with Gasteiger partial charge in [-0.3, -0.25) is 14.7 Å². The molecule has 2 aromatic heterocycles. The largest absolute Gasteiger partial charge is 0.461 e. The Morgan fingerprint density at radius 2 is 1.91 bits per heavy atom. The highest BCUT2D eigenvalue weighted by atomic mass is 35.5. The molecule has 2 aromatic carbocycles. The van der Waals surface area contributed by atoms with E-state index in [1.807, 2.05) is 18.2 Å². The van der Waals surface area contributed by atoms with Crippen molar-refractivity contribution in [2.24, 2.45) is 0 Å². The number of halogens is 4. The molecule has 8 nitrogen and oxygen atoms in total. The molecule has 1 unspecified atom stereocenters. The molecule has 1 amide bonds. The molecular weight excluding hydrogens is 605 g/mol. The molecule has 45 heavy (non-hydrogen) atoms. The molecule has 12 heteroatoms. The molecular formula is C33H32ClF3N6O2. The number of anilines is 1. The average molecular weight is 637 g/mol. The lowest BCUT2D eigenvalue weighted by Gasteiger charge is -2.32. The Labute approximate surface area is 263 Å². The number of carbonyl (C=O) groups excluding carboxylic acids is 1. The van der Waals surface area contributed by atoms with Crippen LogP contribution in [0.5, 0.6) is 6.01 Å². The summed E-state index contributed by atoms with van der Waals surface area (Å²) in [5.74, 6) is -4.58. The Kier molecular flexibility index (Phi) is 7.36. The van der Waals surface area contributed by atoms with Gasteiger partial charge in [-0.1, -0.05) is 48.5 Å². The Balaban J connectivity index is 1.35. The molecule has 3 saturated heterocycles. The summed E-state index contributed by atoms with van der Waals surface area (Å²) in [6, 6.07) is 9.27. The van der Waals surface area contributed by atoms with E-state index in [1.165, 1.54) is 18.1 Å². The summed E-state index contributed by atoms with van der Waals surface area (Å²) in [5, 5.41) is 2.03. The van der Waals surface area contributed by atoms with Gasteiger partial charge in [0.25, 0.3) is 5.92 Å². The molecule has 3 fully saturated rings. The Morgan fingerprint density at radius 1 is 1.18 bits per heavy atom. The van der Waals surface area contributed by atoms with Crippen molar-refractivity contribution in [3.05, 3.63) is 66.1 Å². The maximum atomic E-state index is 16.6. The first-order valence-electron chi connectivity index (χ1n) is 15.1. The van der Waals surface area contributed by atoms with Gasteiger partial charge in [-0.2, -0.15) is 9.97 Å². The quantitative estimate of drug-likeness (QED) is 0.227. The van der Waals surface area contributed by atoms with Gasteiger partial charge in [-0.15, -0.1) is 0 Å². The van der Waals surface area contributed by atoms with Crippen LogP contribution in [0.4, 0.5) is 19.0 Å². The van der Waals surface area contributed by atoms with Gasteiger partial charge < -0.3 is 14.5 Å². The molecule has 1 atom stereocenters. The molecule has 3 aliphatic rings. The number of alkyl halides is 2. The summed E-state index contributed by atoms with van der Waals surface area (Å²) in [4.78, 5) is 30.5. The number of aromatic nitrogens is 3. The lowest BCUT2D eigenvalue weighted by Crippen LogP contribution is -2.46. The van der Waals surface area contributed by atoms with E-state index in [1.54, 1.807) is 18.2 Å². The predicted octanol–water partition coefficient (Wildman–Crippen LogP) is 6.11. The summed E-state index contributed by atoms with van der Waals surface area (Å²) in [7, 11) is 1.46. The van der Waals surface area contributed by atoms with Crippen LogP contribution >= 0.6 is 11.6 Å². The van der Waals surface area contributed by atoms with Crippen LogP contribution in [0.3, 0.4) is 0 Å². The summed E-state index contributed by atoms with van der Waals surface area (Å²) in [5.41, 5.74) is 0.241. The van der Waals surface area contributed by atoms with E-state index in [-0.39, 0.29) is 40.5 Å². The van der Waals surface area contributed by atoms with Crippen LogP contribution < -0.4 is 9.64 Å². The maximum Gasteiger partial charge on any atom is 0.319 e. The van der Waals surface area contributed by atoms with E-state index >= 15 is 13.2 Å². The van der Waals surface area contributed by atoms with E-state index in [2.05, 4.69) is 26.4 Å². The molecule has 0 spiro atoms. The fourth-order valence-electron chi connectivity index (χ4n) is 7.31. The van der Waals surface area contributed by atoms with Gasteiger partial charge in [0.1, 0.15) is 29.7 Å². The first-order chi connectivity index (χ1) is 21.6. The zero-order valence-corrected chi connectivity index (χ0v) is 25.5. The number of hydrogen-bond acceptors (Lipinski definition) is 7. The molecule has 4 aromatic rings. The van der Waals surface area contributed by atoms with E-state index in [4.69, 9.17) is 16.3 Å². The van der Waals surface area contributed by atoms with Crippen molar-refractivity contribution in [1.29, 1.82) is 0 Å². The Hall–Kier alpha value is -3.96. The molecule has 7 rings (SSSR count). The predicted molar refractivity (Wildman–Crippen MR) is 167 cm³/mol. The number of carbonyl (C=O) groups is 1. The number of benzene rings is 2. The number of rotatable bonds is 7. The van der Waals surface area contributed by atoms with Gasteiger partial charge in [-0.25, -0.2) is 13.2 Å². The highest BCUT2D eigenvalue weighted by Crippen LogP contribution is 2.41. The van der Waals surface area contributed by atoms with Crippen LogP contribution in [-0.2, 0) is 4.79 Å². The standard InChI is InChI=1S/C33H32ClF3N6O2/c1-3-25(44)42-17-24(33(36,37)18-42)41(2)30-22-16-38-28(21-10-4-8-20-9-5-11-23(34)26(20)21)27(35)29(22)39-31(40-30)45-19-32-12-6-14-43(32)15-7-13-32/h3-5,8-11,16,24H,1,6-7,12-15,17-19H2,2H3. The number of fused-ring (bicyclic) bond motifs is 3. The maximum absolute atomic E-state index is 16.6. The molecule has 234 valence electrons. The lowest BCUT2D eigenvalue weighted by molar-refractivity contribution is -0.126. The van der Waals surface area contributed by atoms with Crippen molar-refractivity contribution in [1.82, 2.24) is 24.8 Å². The van der Waals surface area contributed by atoms with Gasteiger partial charge in [0, 0.05) is 35.8 Å². The third-order valence-corrected chi connectivity index (χ3v) is 9.92. The van der Waals surface area contributed by atoms with Crippen LogP contribution in [0.2, 0.25) is 5.02 Å². The lowest BCUT2D eigenvalue weighted by atomic mass is 9.95. The normalized spacial score (nSPS) is 20.6. The Morgan fingerprint density at radius 3 is 2.64 bits per heavy atom. The molecule has 3 aliphatic heterocycles. The van der Waals surface area contributed by atoms with Crippen molar-refractivity contribution >= 4 is 45.0 Å². The van der Waals surface area contributed by atoms with E-state index < -0.39 is 30.2 Å². The van der Waals surface area contributed by atoms with E-state index in [9.17, 15) is 4.79 Å². The first-order valence-corrected chi connectivity index (χ1v) is 15.4. The molecule has 0 aliphatic carbocycles. The summed E-state index contributed by atoms with van der Waals surface area (Å²) < 4.78 is 53.6. The van der Waals surface area contributed by atoms with Gasteiger partial charge in [0.2, 0.25) is 5.91 Å². The molecule has 0 radical (unpaired) electrons. The summed E-state index contributed by atoms with van der Waals surface area (Å²) >= 11 is 6.55. The van der Waals surface area contributed by atoms with E-state index in [0.717, 1.165) is 55.1 Å². The zero-order chi connectivity index (χ0) is 31.5. The Bertz CT molecular complexity index is 1820. The highest BCUT2D eigenvalue weighted by Gasteiger charge is 2.52. The number of nitrogens with zero attached hydrogens (tertiary/aromatic N) is 6. The highest BCUT2D eigenvalue weighted by molar-refractivity contribution is 6.36. The fraction of sp³-hybridized carbons (Fsp3) is 0.394. The van der Waals surface area contributed by atoms with Crippen LogP contribution in [0, 0.1) is 5.82 Å². The van der Waals surface area contributed by atoms with Crippen LogP contribution in [0.25, 0.3) is 32.9 Å². The minimum atomic E-state index is -3.27. The SMILES string of the molecule is C=CC(=O)N1CC(N(C)c2nc(OCC34CCCN3CCC4)nc3c(F)c(-c4cccc5cccc(Cl)c45)ncc23)C(F)(F)C1. The molecule has 5 heterocycles. The van der Waals surface area contributed by atoms with Crippen molar-refractivity contribution in [3.63, 3.8) is 0 Å². The van der Waals surface area contributed by atoms with Crippen molar-refractivity contribution < 1.29 is 22.7 Å². The molecule has 0 N–H and O–H groups in total. The van der Waals surface area contributed by atoms with Crippen LogP contribution in [0.1, 0.15) is 25.7 Å². The third-order valence-electron chi connectivity index (χ3n) is 9.60. The summed E-state index contributed by atoms with van der Waals surface area (Å²) in [6.45, 7) is 4.68. The minimum absolute atomic E-state index is 0.0183. The van der Waals surface area contributed by atoms with Gasteiger partial charge in [0.15, 0.2) is 5.82 Å². The zero-order valence-electron chi connectivity index (χ0n) is 24.8. The monoisotopic (exact) mass is 636 g/mol. The number of hydrogen-bond donors (Lipinski definition) is 0. The smallest absolute Gasteiger partial charge is 0.319 e. The van der Waals surface area contributed by atoms with Crippen molar-refractivity contribution in [3.8, 4) is 17.3 Å². The van der Waals surface area contributed by atoms with Gasteiger partial charge >= 0.3 is 6.01 Å². The minimum Gasteiger partial charge on any atom is -0.461 e. The number of likely N-dealkylation sites (N-methyl/N-ethyl adjacent to an activating group) is 1. The first kappa shape index (κ1) is 29.7. The average Bonchev–Trinajstić information content (AvgIpc) is 3.71. The number of ether oxygens (including phenoxy) is 1. The van der Waals surface area contributed by atoms with Gasteiger partial charge in [0.05, 0.1) is 17.5 Å². The van der Waals surface area contributed by atoms with Crippen LogP contribution in [-0.4, -0.2) is 88.0 Å². The topological polar surface area (TPSA) is 74.7 Å². The summed E-state index contributed by atoms with van der Waals surface area (Å²) in [6.07, 6.45) is 6.47.